The van der Waals surface area contributed by atoms with Crippen LogP contribution in [0.15, 0.2) is 41.8 Å². The molecule has 0 unspecified atom stereocenters. The van der Waals surface area contributed by atoms with Gasteiger partial charge in [0.25, 0.3) is 11.8 Å². The molecule has 2 aromatic rings. The molecule has 8 heteroatoms. The summed E-state index contributed by atoms with van der Waals surface area (Å²) in [5.74, 6) is -1.65. The molecule has 2 N–H and O–H groups in total. The third-order valence-corrected chi connectivity index (χ3v) is 4.48. The molecule has 0 radical (unpaired) electrons. The number of anilines is 1. The van der Waals surface area contributed by atoms with Crippen molar-refractivity contribution < 1.29 is 19.1 Å². The summed E-state index contributed by atoms with van der Waals surface area (Å²) < 4.78 is 4.86. The average Bonchev–Trinajstić information content (AvgIpc) is 3.20. The zero-order valence-corrected chi connectivity index (χ0v) is 15.5. The van der Waals surface area contributed by atoms with Crippen molar-refractivity contribution in [2.24, 2.45) is 0 Å². The van der Waals surface area contributed by atoms with Gasteiger partial charge in [0, 0.05) is 24.3 Å². The summed E-state index contributed by atoms with van der Waals surface area (Å²) in [6.07, 6.45) is 0. The van der Waals surface area contributed by atoms with Crippen LogP contribution in [-0.2, 0) is 9.53 Å². The molecular weight excluding hydrogens is 354 g/mol. The van der Waals surface area contributed by atoms with E-state index < -0.39 is 24.4 Å². The lowest BCUT2D eigenvalue weighted by atomic mass is 10.2. The van der Waals surface area contributed by atoms with Gasteiger partial charge < -0.3 is 9.64 Å². The maximum absolute atomic E-state index is 12.0. The van der Waals surface area contributed by atoms with Crippen LogP contribution in [0.5, 0.6) is 0 Å². The average molecular weight is 375 g/mol. The molecule has 1 aromatic carbocycles. The summed E-state index contributed by atoms with van der Waals surface area (Å²) in [5, 5.41) is 1.74. The molecule has 0 aliphatic carbocycles. The molecule has 2 rings (SSSR count). The van der Waals surface area contributed by atoms with Gasteiger partial charge in [-0.3, -0.25) is 20.4 Å². The molecule has 0 fully saturated rings. The van der Waals surface area contributed by atoms with Crippen LogP contribution in [0, 0.1) is 0 Å². The monoisotopic (exact) mass is 375 g/mol. The molecule has 26 heavy (non-hydrogen) atoms. The van der Waals surface area contributed by atoms with Crippen LogP contribution in [0.4, 0.5) is 5.69 Å². The second-order valence-electron chi connectivity index (χ2n) is 5.27. The van der Waals surface area contributed by atoms with E-state index >= 15 is 0 Å². The summed E-state index contributed by atoms with van der Waals surface area (Å²) in [4.78, 5) is 37.9. The predicted octanol–water partition coefficient (Wildman–Crippen LogP) is 2.21. The number of hydrazine groups is 1. The van der Waals surface area contributed by atoms with Crippen LogP contribution in [0.25, 0.3) is 0 Å². The number of nitrogens with zero attached hydrogens (tertiary/aromatic N) is 1. The first kappa shape index (κ1) is 19.5. The van der Waals surface area contributed by atoms with E-state index in [1.54, 1.807) is 29.6 Å². The highest BCUT2D eigenvalue weighted by Crippen LogP contribution is 2.14. The van der Waals surface area contributed by atoms with Gasteiger partial charge in [0.1, 0.15) is 4.88 Å². The number of thiophene rings is 1. The minimum atomic E-state index is -0.622. The number of ether oxygens (including phenoxy) is 1. The van der Waals surface area contributed by atoms with E-state index in [2.05, 4.69) is 29.6 Å². The number of carbonyl (C=O) groups is 3. The fourth-order valence-electron chi connectivity index (χ4n) is 2.24. The topological polar surface area (TPSA) is 87.7 Å². The van der Waals surface area contributed by atoms with E-state index in [9.17, 15) is 14.4 Å². The highest BCUT2D eigenvalue weighted by molar-refractivity contribution is 7.11. The molecule has 2 amide bonds. The summed E-state index contributed by atoms with van der Waals surface area (Å²) in [5.41, 5.74) is 5.95. The normalized spacial score (nSPS) is 10.1. The predicted molar refractivity (Wildman–Crippen MR) is 100 cm³/mol. The highest BCUT2D eigenvalue weighted by atomic mass is 32.1. The molecule has 0 atom stereocenters. The van der Waals surface area contributed by atoms with Gasteiger partial charge >= 0.3 is 5.97 Å². The number of nitrogens with one attached hydrogen (secondary N) is 2. The molecule has 0 aliphatic heterocycles. The van der Waals surface area contributed by atoms with E-state index in [0.717, 1.165) is 18.8 Å². The van der Waals surface area contributed by atoms with Gasteiger partial charge in [-0.05, 0) is 49.6 Å². The second kappa shape index (κ2) is 9.57. The van der Waals surface area contributed by atoms with Crippen LogP contribution in [0.1, 0.15) is 33.9 Å². The van der Waals surface area contributed by atoms with Crippen molar-refractivity contribution >= 4 is 34.8 Å². The number of benzene rings is 1. The van der Waals surface area contributed by atoms with Gasteiger partial charge in [-0.15, -0.1) is 11.3 Å². The molecule has 0 aliphatic rings. The lowest BCUT2D eigenvalue weighted by Gasteiger charge is -2.21. The summed E-state index contributed by atoms with van der Waals surface area (Å²) in [6.45, 7) is 5.40. The summed E-state index contributed by atoms with van der Waals surface area (Å²) in [6, 6.07) is 10.4. The Bertz CT molecular complexity index is 740. The van der Waals surface area contributed by atoms with Gasteiger partial charge in [-0.2, -0.15) is 0 Å². The Morgan fingerprint density at radius 1 is 1.04 bits per heavy atom. The third kappa shape index (κ3) is 5.32. The minimum Gasteiger partial charge on any atom is -0.451 e. The van der Waals surface area contributed by atoms with Gasteiger partial charge in [0.15, 0.2) is 6.61 Å². The van der Waals surface area contributed by atoms with Gasteiger partial charge in [-0.1, -0.05) is 6.07 Å². The SMILES string of the molecule is CCN(CC)c1ccc(C(=O)NNC(=O)COC(=O)c2cccs2)cc1. The molecular formula is C18H21N3O4S. The zero-order chi connectivity index (χ0) is 18.9. The Morgan fingerprint density at radius 2 is 1.73 bits per heavy atom. The van der Waals surface area contributed by atoms with Crippen molar-refractivity contribution in [3.8, 4) is 0 Å². The quantitative estimate of drug-likeness (QED) is 0.572. The lowest BCUT2D eigenvalue weighted by molar-refractivity contribution is -0.125. The van der Waals surface area contributed by atoms with E-state index in [1.165, 1.54) is 11.3 Å². The van der Waals surface area contributed by atoms with E-state index in [0.29, 0.717) is 10.4 Å². The zero-order valence-electron chi connectivity index (χ0n) is 14.7. The maximum Gasteiger partial charge on any atom is 0.348 e. The summed E-state index contributed by atoms with van der Waals surface area (Å²) in [7, 11) is 0. The van der Waals surface area contributed by atoms with Crippen LogP contribution in [0.2, 0.25) is 0 Å². The molecule has 7 nitrogen and oxygen atoms in total. The first-order valence-electron chi connectivity index (χ1n) is 8.20. The van der Waals surface area contributed by atoms with Crippen molar-refractivity contribution in [3.05, 3.63) is 52.2 Å². The van der Waals surface area contributed by atoms with Crippen molar-refractivity contribution in [2.45, 2.75) is 13.8 Å². The number of esters is 1. The number of carbonyl (C=O) groups excluding carboxylic acids is 3. The molecule has 1 aromatic heterocycles. The molecule has 1 heterocycles. The summed E-state index contributed by atoms with van der Waals surface area (Å²) >= 11 is 1.23. The number of amides is 2. The number of rotatable bonds is 7. The Kier molecular flexibility index (Phi) is 7.16. The van der Waals surface area contributed by atoms with Crippen molar-refractivity contribution in [2.75, 3.05) is 24.6 Å². The Morgan fingerprint density at radius 3 is 2.31 bits per heavy atom. The van der Waals surface area contributed by atoms with Crippen LogP contribution >= 0.6 is 11.3 Å². The number of hydrogen-bond donors (Lipinski definition) is 2. The largest absolute Gasteiger partial charge is 0.451 e. The molecule has 0 saturated carbocycles. The van der Waals surface area contributed by atoms with Crippen LogP contribution < -0.4 is 15.8 Å². The first-order valence-corrected chi connectivity index (χ1v) is 9.08. The standard InChI is InChI=1S/C18H21N3O4S/c1-3-21(4-2)14-9-7-13(8-10-14)17(23)20-19-16(22)12-25-18(24)15-6-5-11-26-15/h5-11H,3-4,12H2,1-2H3,(H,19,22)(H,20,23). The molecule has 0 bridgehead atoms. The van der Waals surface area contributed by atoms with Crippen LogP contribution in [0.3, 0.4) is 0 Å². The Labute approximate surface area is 155 Å². The van der Waals surface area contributed by atoms with Crippen molar-refractivity contribution in [1.29, 1.82) is 0 Å². The van der Waals surface area contributed by atoms with Crippen molar-refractivity contribution in [1.82, 2.24) is 10.9 Å². The highest BCUT2D eigenvalue weighted by Gasteiger charge is 2.12. The lowest BCUT2D eigenvalue weighted by Crippen LogP contribution is -2.43. The molecule has 138 valence electrons. The fraction of sp³-hybridized carbons (Fsp3) is 0.278. The fourth-order valence-corrected chi connectivity index (χ4v) is 2.86. The first-order chi connectivity index (χ1) is 12.5. The van der Waals surface area contributed by atoms with E-state index in [1.807, 2.05) is 12.1 Å². The Hall–Kier alpha value is -2.87. The molecule has 0 saturated heterocycles. The Balaban J connectivity index is 1.78. The van der Waals surface area contributed by atoms with Gasteiger partial charge in [0.2, 0.25) is 0 Å². The third-order valence-electron chi connectivity index (χ3n) is 3.63. The molecule has 0 spiro atoms. The number of hydrogen-bond acceptors (Lipinski definition) is 6. The van der Waals surface area contributed by atoms with Gasteiger partial charge in [0.05, 0.1) is 0 Å². The van der Waals surface area contributed by atoms with Gasteiger partial charge in [-0.25, -0.2) is 4.79 Å². The van der Waals surface area contributed by atoms with Crippen molar-refractivity contribution in [3.63, 3.8) is 0 Å². The van der Waals surface area contributed by atoms with Crippen LogP contribution in [-0.4, -0.2) is 37.5 Å². The van der Waals surface area contributed by atoms with E-state index in [-0.39, 0.29) is 0 Å². The smallest absolute Gasteiger partial charge is 0.348 e. The minimum absolute atomic E-state index is 0.412. The maximum atomic E-state index is 12.0. The van der Waals surface area contributed by atoms with E-state index in [4.69, 9.17) is 4.74 Å². The second-order valence-corrected chi connectivity index (χ2v) is 6.22.